The number of fused-ring (bicyclic) bond motifs is 1. The molecule has 162 valence electrons. The van der Waals surface area contributed by atoms with Crippen molar-refractivity contribution in [2.24, 2.45) is 0 Å². The van der Waals surface area contributed by atoms with Gasteiger partial charge >= 0.3 is 6.01 Å². The molecule has 2 heterocycles. The first-order chi connectivity index (χ1) is 15.7. The summed E-state index contributed by atoms with van der Waals surface area (Å²) < 4.78 is 14.1. The predicted octanol–water partition coefficient (Wildman–Crippen LogP) is 5.21. The fourth-order valence-electron chi connectivity index (χ4n) is 3.37. The van der Waals surface area contributed by atoms with Gasteiger partial charge in [0.15, 0.2) is 0 Å². The average molecular weight is 446 g/mol. The fourth-order valence-corrected chi connectivity index (χ4v) is 4.26. The number of aromatic nitrogens is 3. The second-order valence-electron chi connectivity index (χ2n) is 7.49. The Labute approximate surface area is 190 Å². The highest BCUT2D eigenvalue weighted by Crippen LogP contribution is 2.38. The van der Waals surface area contributed by atoms with E-state index >= 15 is 0 Å². The molecule has 0 saturated heterocycles. The SMILES string of the molecule is COc1ncc(-c2ccc3c(Nc4ccccc4)c(SNC4CC4)cnc3c2)c(OC)n1. The first-order valence-electron chi connectivity index (χ1n) is 10.4. The standard InChI is InChI=1S/C24H23N5O2S/c1-30-23-19(13-26-24(28-23)31-2)15-8-11-18-20(12-15)25-14-21(32-29-17-9-10-17)22(18)27-16-6-4-3-5-7-16/h3-8,11-14,17,29H,9-10H2,1-2H3,(H,25,27). The zero-order chi connectivity index (χ0) is 21.9. The summed E-state index contributed by atoms with van der Waals surface area (Å²) in [4.78, 5) is 14.4. The van der Waals surface area contributed by atoms with E-state index < -0.39 is 0 Å². The molecule has 0 spiro atoms. The summed E-state index contributed by atoms with van der Waals surface area (Å²) in [7, 11) is 3.12. The Morgan fingerprint density at radius 3 is 2.56 bits per heavy atom. The van der Waals surface area contributed by atoms with Crippen LogP contribution < -0.4 is 19.5 Å². The van der Waals surface area contributed by atoms with E-state index in [9.17, 15) is 0 Å². The number of ether oxygens (including phenoxy) is 2. The van der Waals surface area contributed by atoms with Crippen LogP contribution in [0.5, 0.6) is 11.9 Å². The molecule has 2 N–H and O–H groups in total. The molecule has 8 heteroatoms. The van der Waals surface area contributed by atoms with Gasteiger partial charge in [-0.15, -0.1) is 0 Å². The third-order valence-corrected chi connectivity index (χ3v) is 6.19. The van der Waals surface area contributed by atoms with Crippen LogP contribution in [0.15, 0.2) is 65.8 Å². The van der Waals surface area contributed by atoms with Gasteiger partial charge in [0.2, 0.25) is 5.88 Å². The van der Waals surface area contributed by atoms with Gasteiger partial charge in [-0.3, -0.25) is 9.71 Å². The molecule has 0 unspecified atom stereocenters. The summed E-state index contributed by atoms with van der Waals surface area (Å²) in [5.41, 5.74) is 4.64. The van der Waals surface area contributed by atoms with Crippen LogP contribution in [0.3, 0.4) is 0 Å². The van der Waals surface area contributed by atoms with Gasteiger partial charge in [-0.05, 0) is 48.6 Å². The minimum absolute atomic E-state index is 0.267. The average Bonchev–Trinajstić information content (AvgIpc) is 3.68. The summed E-state index contributed by atoms with van der Waals surface area (Å²) >= 11 is 1.63. The van der Waals surface area contributed by atoms with Crippen molar-refractivity contribution in [1.82, 2.24) is 19.7 Å². The van der Waals surface area contributed by atoms with Crippen molar-refractivity contribution in [1.29, 1.82) is 0 Å². The molecule has 0 radical (unpaired) electrons. The van der Waals surface area contributed by atoms with E-state index in [4.69, 9.17) is 14.5 Å². The second kappa shape index (κ2) is 9.02. The lowest BCUT2D eigenvalue weighted by Crippen LogP contribution is -2.06. The van der Waals surface area contributed by atoms with Crippen LogP contribution in [0.1, 0.15) is 12.8 Å². The van der Waals surface area contributed by atoms with E-state index in [-0.39, 0.29) is 6.01 Å². The van der Waals surface area contributed by atoms with E-state index in [1.807, 2.05) is 36.5 Å². The minimum atomic E-state index is 0.267. The van der Waals surface area contributed by atoms with Crippen LogP contribution in [-0.2, 0) is 0 Å². The van der Waals surface area contributed by atoms with Crippen LogP contribution in [-0.4, -0.2) is 35.2 Å². The number of hydrogen-bond acceptors (Lipinski definition) is 8. The Balaban J connectivity index is 1.57. The molecule has 0 atom stereocenters. The number of nitrogens with one attached hydrogen (secondary N) is 2. The normalized spacial score (nSPS) is 13.2. The third-order valence-electron chi connectivity index (χ3n) is 5.21. The van der Waals surface area contributed by atoms with E-state index in [0.717, 1.165) is 38.3 Å². The highest BCUT2D eigenvalue weighted by molar-refractivity contribution is 7.97. The highest BCUT2D eigenvalue weighted by atomic mass is 32.2. The Bertz CT molecular complexity index is 1250. The lowest BCUT2D eigenvalue weighted by Gasteiger charge is -2.16. The summed E-state index contributed by atoms with van der Waals surface area (Å²) in [6, 6.07) is 17.2. The van der Waals surface area contributed by atoms with Crippen molar-refractivity contribution in [3.63, 3.8) is 0 Å². The second-order valence-corrected chi connectivity index (χ2v) is 8.37. The van der Waals surface area contributed by atoms with Crippen molar-refractivity contribution < 1.29 is 9.47 Å². The predicted molar refractivity (Wildman–Crippen MR) is 128 cm³/mol. The minimum Gasteiger partial charge on any atom is -0.480 e. The molecule has 0 bridgehead atoms. The molecule has 1 saturated carbocycles. The van der Waals surface area contributed by atoms with E-state index in [2.05, 4.69) is 38.2 Å². The number of methoxy groups -OCH3 is 2. The summed E-state index contributed by atoms with van der Waals surface area (Å²) in [5, 5.41) is 4.63. The quantitative estimate of drug-likeness (QED) is 0.358. The summed E-state index contributed by atoms with van der Waals surface area (Å²) in [6.07, 6.45) is 6.08. The Morgan fingerprint density at radius 2 is 1.81 bits per heavy atom. The van der Waals surface area contributed by atoms with E-state index in [1.165, 1.54) is 20.0 Å². The van der Waals surface area contributed by atoms with Gasteiger partial charge in [0.1, 0.15) is 0 Å². The molecule has 7 nitrogen and oxygen atoms in total. The molecule has 1 aliphatic carbocycles. The number of hydrogen-bond donors (Lipinski definition) is 2. The highest BCUT2D eigenvalue weighted by Gasteiger charge is 2.22. The van der Waals surface area contributed by atoms with Crippen LogP contribution in [0.2, 0.25) is 0 Å². The van der Waals surface area contributed by atoms with Crippen molar-refractivity contribution in [2.75, 3.05) is 19.5 Å². The van der Waals surface area contributed by atoms with Gasteiger partial charge in [0.25, 0.3) is 0 Å². The Kier molecular flexibility index (Phi) is 5.79. The molecule has 0 amide bonds. The van der Waals surface area contributed by atoms with Crippen molar-refractivity contribution in [3.8, 4) is 23.0 Å². The lowest BCUT2D eigenvalue weighted by molar-refractivity contribution is 0.353. The molecule has 1 fully saturated rings. The van der Waals surface area contributed by atoms with Gasteiger partial charge in [-0.25, -0.2) is 4.98 Å². The maximum Gasteiger partial charge on any atom is 0.319 e. The number of para-hydroxylation sites is 1. The molecule has 0 aliphatic heterocycles. The Hall–Kier alpha value is -3.36. The molecule has 32 heavy (non-hydrogen) atoms. The van der Waals surface area contributed by atoms with Crippen LogP contribution in [0.4, 0.5) is 11.4 Å². The smallest absolute Gasteiger partial charge is 0.319 e. The molecule has 1 aliphatic rings. The van der Waals surface area contributed by atoms with Gasteiger partial charge in [-0.2, -0.15) is 4.98 Å². The topological polar surface area (TPSA) is 81.2 Å². The van der Waals surface area contributed by atoms with Crippen molar-refractivity contribution in [2.45, 2.75) is 23.8 Å². The monoisotopic (exact) mass is 445 g/mol. The van der Waals surface area contributed by atoms with Crippen molar-refractivity contribution >= 4 is 34.2 Å². The van der Waals surface area contributed by atoms with Crippen LogP contribution in [0.25, 0.3) is 22.0 Å². The van der Waals surface area contributed by atoms with E-state index in [1.54, 1.807) is 25.3 Å². The third kappa shape index (κ3) is 4.32. The van der Waals surface area contributed by atoms with Gasteiger partial charge in [0.05, 0.1) is 35.9 Å². The van der Waals surface area contributed by atoms with Crippen molar-refractivity contribution in [3.05, 3.63) is 60.9 Å². The number of anilines is 2. The van der Waals surface area contributed by atoms with E-state index in [0.29, 0.717) is 11.9 Å². The van der Waals surface area contributed by atoms with Crippen LogP contribution in [0, 0.1) is 0 Å². The largest absolute Gasteiger partial charge is 0.480 e. The van der Waals surface area contributed by atoms with Gasteiger partial charge in [-0.1, -0.05) is 30.3 Å². The number of pyridine rings is 1. The Morgan fingerprint density at radius 1 is 0.969 bits per heavy atom. The number of rotatable bonds is 8. The maximum absolute atomic E-state index is 5.46. The lowest BCUT2D eigenvalue weighted by atomic mass is 10.0. The number of benzene rings is 2. The molecule has 5 rings (SSSR count). The molecule has 2 aromatic carbocycles. The summed E-state index contributed by atoms with van der Waals surface area (Å²) in [6.45, 7) is 0. The molecular formula is C24H23N5O2S. The molecule has 2 aromatic heterocycles. The zero-order valence-electron chi connectivity index (χ0n) is 17.8. The first kappa shape index (κ1) is 20.5. The first-order valence-corrected chi connectivity index (χ1v) is 11.2. The van der Waals surface area contributed by atoms with Gasteiger partial charge in [0, 0.05) is 29.5 Å². The number of nitrogens with zero attached hydrogens (tertiary/aromatic N) is 3. The van der Waals surface area contributed by atoms with Crippen LogP contribution >= 0.6 is 11.9 Å². The summed E-state index contributed by atoms with van der Waals surface area (Å²) in [5.74, 6) is 0.458. The molecule has 4 aromatic rings. The van der Waals surface area contributed by atoms with Gasteiger partial charge < -0.3 is 14.8 Å². The maximum atomic E-state index is 5.46. The fraction of sp³-hybridized carbons (Fsp3) is 0.208. The zero-order valence-corrected chi connectivity index (χ0v) is 18.6. The molecular weight excluding hydrogens is 422 g/mol.